The molecule has 192 valence electrons. The number of hydrogen-bond donors (Lipinski definition) is 1. The van der Waals surface area contributed by atoms with Crippen molar-refractivity contribution in [1.82, 2.24) is 9.80 Å². The molecule has 3 rings (SSSR count). The Morgan fingerprint density at radius 3 is 2.60 bits per heavy atom. The number of nitrogens with zero attached hydrogens (tertiary/aromatic N) is 2. The first-order chi connectivity index (χ1) is 16.4. The maximum Gasteiger partial charge on any atom is 0.410 e. The van der Waals surface area contributed by atoms with Gasteiger partial charge in [0.25, 0.3) is 0 Å². The second-order valence-electron chi connectivity index (χ2n) is 10.9. The molecule has 0 radical (unpaired) electrons. The van der Waals surface area contributed by atoms with Crippen LogP contribution in [0.25, 0.3) is 0 Å². The lowest BCUT2D eigenvalue weighted by Gasteiger charge is -2.37. The average molecular weight is 566 g/mol. The second kappa shape index (κ2) is 11.5. The van der Waals surface area contributed by atoms with E-state index in [0.717, 1.165) is 37.1 Å². The average Bonchev–Trinajstić information content (AvgIpc) is 3.23. The highest BCUT2D eigenvalue weighted by Gasteiger charge is 2.41. The van der Waals surface area contributed by atoms with Crippen LogP contribution in [0.2, 0.25) is 18.1 Å². The normalized spacial score (nSPS) is 17.9. The Kier molecular flexibility index (Phi) is 9.18. The first kappa shape index (κ1) is 27.8. The van der Waals surface area contributed by atoms with E-state index in [0.29, 0.717) is 16.9 Å². The van der Waals surface area contributed by atoms with Gasteiger partial charge in [0.1, 0.15) is 12.4 Å². The number of likely N-dealkylation sites (tertiary alicyclic amines) is 1. The predicted octanol–water partition coefficient (Wildman–Crippen LogP) is 6.59. The molecule has 0 spiro atoms. The number of likely N-dealkylation sites (N-methyl/N-ethyl adjacent to an activating group) is 1. The van der Waals surface area contributed by atoms with Crippen LogP contribution < -0.4 is 0 Å². The van der Waals surface area contributed by atoms with Crippen molar-refractivity contribution in [1.29, 1.82) is 0 Å². The van der Waals surface area contributed by atoms with Crippen molar-refractivity contribution in [2.24, 2.45) is 5.92 Å². The molecule has 0 aromatic heterocycles. The van der Waals surface area contributed by atoms with Crippen molar-refractivity contribution < 1.29 is 18.7 Å². The van der Waals surface area contributed by atoms with Crippen LogP contribution in [0.3, 0.4) is 0 Å². The van der Waals surface area contributed by atoms with E-state index < -0.39 is 14.4 Å². The van der Waals surface area contributed by atoms with Gasteiger partial charge in [-0.3, -0.25) is 0 Å². The highest BCUT2D eigenvalue weighted by atomic mass is 79.9. The fourth-order valence-electron chi connectivity index (χ4n) is 4.58. The molecule has 2 aromatic carbocycles. The third kappa shape index (κ3) is 7.38. The van der Waals surface area contributed by atoms with E-state index in [4.69, 9.17) is 4.74 Å². The monoisotopic (exact) mass is 564 g/mol. The zero-order chi connectivity index (χ0) is 25.8. The molecule has 2 aromatic rings. The van der Waals surface area contributed by atoms with Gasteiger partial charge in [0.05, 0.1) is 10.5 Å². The van der Waals surface area contributed by atoms with E-state index in [1.165, 1.54) is 6.07 Å². The molecular weight excluding hydrogens is 527 g/mol. The number of ether oxygens (including phenoxy) is 1. The van der Waals surface area contributed by atoms with E-state index in [1.54, 1.807) is 24.1 Å². The Hall–Kier alpha value is -1.74. The van der Waals surface area contributed by atoms with Crippen molar-refractivity contribution in [2.45, 2.75) is 57.5 Å². The number of carbonyl (C=O) groups is 1. The van der Waals surface area contributed by atoms with Gasteiger partial charge in [-0.2, -0.15) is 0 Å². The molecule has 0 aliphatic carbocycles. The zero-order valence-corrected chi connectivity index (χ0v) is 24.0. The van der Waals surface area contributed by atoms with E-state index in [9.17, 15) is 14.0 Å². The number of amides is 1. The molecule has 1 aliphatic heterocycles. The summed E-state index contributed by atoms with van der Waals surface area (Å²) in [6, 6.07) is 14.2. The maximum atomic E-state index is 14.0. The summed E-state index contributed by atoms with van der Waals surface area (Å²) in [7, 11) is -0.528. The highest BCUT2D eigenvalue weighted by Crippen LogP contribution is 2.43. The Balaban J connectivity index is 1.71. The van der Waals surface area contributed by atoms with Crippen molar-refractivity contribution in [3.8, 4) is 0 Å². The third-order valence-electron chi connectivity index (χ3n) is 7.55. The lowest BCUT2D eigenvalue weighted by atomic mass is 9.95. The van der Waals surface area contributed by atoms with Gasteiger partial charge in [0.2, 0.25) is 0 Å². The highest BCUT2D eigenvalue weighted by molar-refractivity contribution is 9.10. The van der Waals surface area contributed by atoms with Gasteiger partial charge in [-0.15, -0.1) is 0 Å². The standard InChI is InChI=1S/C27H38BrFN2O3Si/c1-27(2,35(4,5)33)16-21-13-14-31(17-21)18-25(22-11-12-24(29)23(28)15-22)30(3)26(32)34-19-20-9-7-6-8-10-20/h6-12,15,21,25,33H,13-14,16-19H2,1-5H3/t21-,25+/m0/s1. The number of carbonyl (C=O) groups excluding carboxylic acids is 1. The van der Waals surface area contributed by atoms with Gasteiger partial charge < -0.3 is 19.3 Å². The lowest BCUT2D eigenvalue weighted by molar-refractivity contribution is 0.0829. The summed E-state index contributed by atoms with van der Waals surface area (Å²) in [5.74, 6) is 0.168. The van der Waals surface area contributed by atoms with E-state index in [2.05, 4.69) is 34.7 Å². The molecule has 1 amide bonds. The quantitative estimate of drug-likeness (QED) is 0.349. The number of hydrogen-bond acceptors (Lipinski definition) is 4. The molecule has 2 atom stereocenters. The van der Waals surface area contributed by atoms with Crippen LogP contribution in [0.1, 0.15) is 43.9 Å². The van der Waals surface area contributed by atoms with Crippen LogP contribution in [-0.2, 0) is 11.3 Å². The van der Waals surface area contributed by atoms with Gasteiger partial charge in [-0.05, 0) is 82.6 Å². The van der Waals surface area contributed by atoms with Gasteiger partial charge in [-0.1, -0.05) is 50.2 Å². The lowest BCUT2D eigenvalue weighted by Crippen LogP contribution is -2.41. The number of halogens is 2. The SMILES string of the molecule is CN(C(=O)OCc1ccccc1)[C@H](CN1CC[C@@H](CC(C)(C)[Si](C)(C)O)C1)c1ccc(F)c(Br)c1. The molecule has 8 heteroatoms. The molecule has 5 nitrogen and oxygen atoms in total. The molecule has 1 aliphatic rings. The maximum absolute atomic E-state index is 14.0. The van der Waals surface area contributed by atoms with Gasteiger partial charge >= 0.3 is 6.09 Å². The van der Waals surface area contributed by atoms with Crippen LogP contribution in [-0.4, -0.2) is 55.7 Å². The molecule has 0 unspecified atom stereocenters. The van der Waals surface area contributed by atoms with Crippen LogP contribution in [0.4, 0.5) is 9.18 Å². The predicted molar refractivity (Wildman–Crippen MR) is 144 cm³/mol. The molecule has 1 fully saturated rings. The fraction of sp³-hybridized carbons (Fsp3) is 0.519. The Bertz CT molecular complexity index is 1000. The first-order valence-corrected chi connectivity index (χ1v) is 15.9. The van der Waals surface area contributed by atoms with Gasteiger partial charge in [-0.25, -0.2) is 9.18 Å². The van der Waals surface area contributed by atoms with Gasteiger partial charge in [0.15, 0.2) is 8.32 Å². The summed E-state index contributed by atoms with van der Waals surface area (Å²) in [6.45, 7) is 11.1. The smallest absolute Gasteiger partial charge is 0.410 e. The molecule has 1 saturated heterocycles. The summed E-state index contributed by atoms with van der Waals surface area (Å²) < 4.78 is 19.9. The van der Waals surface area contributed by atoms with Gasteiger partial charge in [0, 0.05) is 20.1 Å². The largest absolute Gasteiger partial charge is 0.445 e. The van der Waals surface area contributed by atoms with Crippen molar-refractivity contribution in [3.05, 3.63) is 69.9 Å². The Morgan fingerprint density at radius 2 is 1.97 bits per heavy atom. The number of rotatable bonds is 9. The van der Waals surface area contributed by atoms with E-state index >= 15 is 0 Å². The number of benzene rings is 2. The molecule has 1 N–H and O–H groups in total. The minimum absolute atomic E-state index is 0.0626. The van der Waals surface area contributed by atoms with Crippen molar-refractivity contribution in [3.63, 3.8) is 0 Å². The minimum atomic E-state index is -2.27. The first-order valence-electron chi connectivity index (χ1n) is 12.2. The van der Waals surface area contributed by atoms with E-state index in [-0.39, 0.29) is 23.5 Å². The van der Waals surface area contributed by atoms with Crippen LogP contribution >= 0.6 is 15.9 Å². The summed E-state index contributed by atoms with van der Waals surface area (Å²) in [5, 5.41) is -0.0626. The molecular formula is C27H38BrFN2O3Si. The summed E-state index contributed by atoms with van der Waals surface area (Å²) >= 11 is 3.29. The third-order valence-corrected chi connectivity index (χ3v) is 11.7. The summed E-state index contributed by atoms with van der Waals surface area (Å²) in [6.07, 6.45) is 1.64. The topological polar surface area (TPSA) is 53.0 Å². The molecule has 0 saturated carbocycles. The second-order valence-corrected chi connectivity index (χ2v) is 16.2. The Morgan fingerprint density at radius 1 is 1.29 bits per heavy atom. The molecule has 35 heavy (non-hydrogen) atoms. The fourth-order valence-corrected chi connectivity index (χ4v) is 5.77. The Labute approximate surface area is 218 Å². The zero-order valence-electron chi connectivity index (χ0n) is 21.4. The van der Waals surface area contributed by atoms with E-state index in [1.807, 2.05) is 43.4 Å². The minimum Gasteiger partial charge on any atom is -0.445 e. The van der Waals surface area contributed by atoms with Crippen molar-refractivity contribution in [2.75, 3.05) is 26.7 Å². The summed E-state index contributed by atoms with van der Waals surface area (Å²) in [5.41, 5.74) is 1.78. The van der Waals surface area contributed by atoms with Crippen LogP contribution in [0.15, 0.2) is 53.0 Å². The van der Waals surface area contributed by atoms with Crippen LogP contribution in [0.5, 0.6) is 0 Å². The molecule has 1 heterocycles. The van der Waals surface area contributed by atoms with Crippen LogP contribution in [0, 0.1) is 11.7 Å². The van der Waals surface area contributed by atoms with Crippen molar-refractivity contribution >= 4 is 30.3 Å². The summed E-state index contributed by atoms with van der Waals surface area (Å²) in [4.78, 5) is 27.7. The molecule has 0 bridgehead atoms.